The van der Waals surface area contributed by atoms with Crippen LogP contribution in [0.25, 0.3) is 0 Å². The van der Waals surface area contributed by atoms with Crippen LogP contribution in [0.2, 0.25) is 0 Å². The third kappa shape index (κ3) is 2.94. The lowest BCUT2D eigenvalue weighted by Crippen LogP contribution is -2.49. The van der Waals surface area contributed by atoms with E-state index in [9.17, 15) is 5.11 Å². The Morgan fingerprint density at radius 2 is 1.95 bits per heavy atom. The van der Waals surface area contributed by atoms with Crippen LogP contribution in [-0.4, -0.2) is 11.2 Å². The molecule has 1 saturated carbocycles. The summed E-state index contributed by atoms with van der Waals surface area (Å²) >= 11 is 0. The van der Waals surface area contributed by atoms with Crippen LogP contribution in [0.15, 0.2) is 42.0 Å². The summed E-state index contributed by atoms with van der Waals surface area (Å²) in [5.74, 6) is 1.50. The summed E-state index contributed by atoms with van der Waals surface area (Å²) < 4.78 is 0. The highest BCUT2D eigenvalue weighted by Crippen LogP contribution is 2.59. The maximum Gasteiger partial charge on any atom is 0.0753 e. The van der Waals surface area contributed by atoms with E-state index >= 15 is 0 Å². The number of rotatable bonds is 6. The maximum absolute atomic E-state index is 10.5. The lowest BCUT2D eigenvalue weighted by molar-refractivity contribution is -0.0224. The molecule has 21 heavy (non-hydrogen) atoms. The Bertz CT molecular complexity index is 500. The molecule has 1 aromatic carbocycles. The van der Waals surface area contributed by atoms with E-state index in [4.69, 9.17) is 0 Å². The minimum Gasteiger partial charge on any atom is -0.389 e. The largest absolute Gasteiger partial charge is 0.389 e. The zero-order valence-electron chi connectivity index (χ0n) is 13.4. The first-order valence-corrected chi connectivity index (χ1v) is 8.51. The second-order valence-electron chi connectivity index (χ2n) is 7.49. The van der Waals surface area contributed by atoms with Crippen LogP contribution in [-0.2, 0) is 6.42 Å². The van der Waals surface area contributed by atoms with Gasteiger partial charge in [-0.15, -0.1) is 0 Å². The molecule has 1 fully saturated rings. The molecule has 0 spiro atoms. The summed E-state index contributed by atoms with van der Waals surface area (Å²) in [6.45, 7) is 4.75. The Morgan fingerprint density at radius 1 is 1.19 bits per heavy atom. The summed E-state index contributed by atoms with van der Waals surface area (Å²) in [6, 6.07) is 10.7. The Balaban J connectivity index is 1.45. The molecule has 3 aliphatic rings. The van der Waals surface area contributed by atoms with Gasteiger partial charge in [-0.25, -0.2) is 0 Å². The van der Waals surface area contributed by atoms with Gasteiger partial charge in [-0.1, -0.05) is 56.7 Å². The first-order valence-electron chi connectivity index (χ1n) is 8.51. The van der Waals surface area contributed by atoms with E-state index in [-0.39, 0.29) is 6.10 Å². The predicted octanol–water partition coefficient (Wildman–Crippen LogP) is 4.75. The minimum atomic E-state index is -0.203. The summed E-state index contributed by atoms with van der Waals surface area (Å²) in [5, 5.41) is 10.5. The smallest absolute Gasteiger partial charge is 0.0753 e. The first kappa shape index (κ1) is 14.8. The molecule has 0 radical (unpaired) electrons. The van der Waals surface area contributed by atoms with Crippen LogP contribution in [0.5, 0.6) is 0 Å². The SMILES string of the molecule is CC1(C)[C@@H]2CC=C(C(O)CCCCc3ccccc3)[C@H]1C2. The predicted molar refractivity (Wildman–Crippen MR) is 88.1 cm³/mol. The van der Waals surface area contributed by atoms with Gasteiger partial charge in [0.25, 0.3) is 0 Å². The van der Waals surface area contributed by atoms with E-state index in [1.165, 1.54) is 30.4 Å². The minimum absolute atomic E-state index is 0.203. The van der Waals surface area contributed by atoms with Crippen LogP contribution >= 0.6 is 0 Å². The van der Waals surface area contributed by atoms with Crippen molar-refractivity contribution in [3.8, 4) is 0 Å². The summed E-state index contributed by atoms with van der Waals surface area (Å²) in [6.07, 6.45) is 8.96. The van der Waals surface area contributed by atoms with Crippen LogP contribution in [0, 0.1) is 17.3 Å². The van der Waals surface area contributed by atoms with Gasteiger partial charge in [0.1, 0.15) is 0 Å². The number of aliphatic hydroxyl groups is 1. The van der Waals surface area contributed by atoms with Crippen LogP contribution in [0.1, 0.15) is 51.5 Å². The summed E-state index contributed by atoms with van der Waals surface area (Å²) in [5.41, 5.74) is 3.18. The molecule has 0 aromatic heterocycles. The van der Waals surface area contributed by atoms with E-state index in [0.29, 0.717) is 11.3 Å². The van der Waals surface area contributed by atoms with Crippen molar-refractivity contribution >= 4 is 0 Å². The molecule has 3 atom stereocenters. The lowest BCUT2D eigenvalue weighted by atomic mass is 9.48. The highest BCUT2D eigenvalue weighted by molar-refractivity contribution is 5.26. The molecule has 3 aliphatic carbocycles. The molecule has 1 nitrogen and oxygen atoms in total. The van der Waals surface area contributed by atoms with Crippen molar-refractivity contribution in [2.24, 2.45) is 17.3 Å². The highest BCUT2D eigenvalue weighted by Gasteiger charge is 2.52. The third-order valence-corrected chi connectivity index (χ3v) is 5.93. The Labute approximate surface area is 129 Å². The molecule has 0 saturated heterocycles. The van der Waals surface area contributed by atoms with Gasteiger partial charge in [0.05, 0.1) is 6.10 Å². The molecule has 0 heterocycles. The number of allylic oxidation sites excluding steroid dienone is 1. The Morgan fingerprint density at radius 3 is 2.62 bits per heavy atom. The van der Waals surface area contributed by atoms with Gasteiger partial charge in [0.15, 0.2) is 0 Å². The Hall–Kier alpha value is -1.08. The fourth-order valence-electron chi connectivity index (χ4n) is 4.25. The van der Waals surface area contributed by atoms with Gasteiger partial charge in [0, 0.05) is 0 Å². The third-order valence-electron chi connectivity index (χ3n) is 5.93. The van der Waals surface area contributed by atoms with E-state index < -0.39 is 0 Å². The topological polar surface area (TPSA) is 20.2 Å². The lowest BCUT2D eigenvalue weighted by Gasteiger charge is -2.57. The quantitative estimate of drug-likeness (QED) is 0.590. The second-order valence-corrected chi connectivity index (χ2v) is 7.49. The average molecular weight is 284 g/mol. The fourth-order valence-corrected chi connectivity index (χ4v) is 4.25. The molecule has 4 rings (SSSR count). The number of aryl methyl sites for hydroxylation is 1. The number of hydrogen-bond donors (Lipinski definition) is 1. The molecule has 2 bridgehead atoms. The van der Waals surface area contributed by atoms with Crippen molar-refractivity contribution in [1.29, 1.82) is 0 Å². The van der Waals surface area contributed by atoms with Gasteiger partial charge >= 0.3 is 0 Å². The van der Waals surface area contributed by atoms with E-state index in [2.05, 4.69) is 50.3 Å². The molecule has 0 amide bonds. The summed E-state index contributed by atoms with van der Waals surface area (Å²) in [7, 11) is 0. The molecular weight excluding hydrogens is 256 g/mol. The fraction of sp³-hybridized carbons (Fsp3) is 0.600. The standard InChI is InChI=1S/C20H28O/c1-20(2)16-12-13-17(18(20)14-16)19(21)11-7-6-10-15-8-4-3-5-9-15/h3-5,8-9,13,16,18-19,21H,6-7,10-12,14H2,1-2H3/t16-,18-,19?/m1/s1. The number of aliphatic hydroxyl groups excluding tert-OH is 1. The molecule has 114 valence electrons. The normalized spacial score (nSPS) is 27.7. The van der Waals surface area contributed by atoms with Crippen LogP contribution in [0.4, 0.5) is 0 Å². The van der Waals surface area contributed by atoms with Crippen molar-refractivity contribution < 1.29 is 5.11 Å². The van der Waals surface area contributed by atoms with Gasteiger partial charge < -0.3 is 5.11 Å². The second kappa shape index (κ2) is 5.96. The Kier molecular flexibility index (Phi) is 4.21. The first-order chi connectivity index (χ1) is 10.1. The molecule has 0 aliphatic heterocycles. The van der Waals surface area contributed by atoms with Crippen molar-refractivity contribution in [2.75, 3.05) is 0 Å². The zero-order valence-corrected chi connectivity index (χ0v) is 13.4. The number of unbranched alkanes of at least 4 members (excludes halogenated alkanes) is 1. The van der Waals surface area contributed by atoms with Gasteiger partial charge in [-0.05, 0) is 60.5 Å². The number of fused-ring (bicyclic) bond motifs is 1. The van der Waals surface area contributed by atoms with Crippen LogP contribution < -0.4 is 0 Å². The van der Waals surface area contributed by atoms with E-state index in [1.54, 1.807) is 0 Å². The molecular formula is C20H28O. The number of benzene rings is 1. The summed E-state index contributed by atoms with van der Waals surface area (Å²) in [4.78, 5) is 0. The highest BCUT2D eigenvalue weighted by atomic mass is 16.3. The van der Waals surface area contributed by atoms with Crippen LogP contribution in [0.3, 0.4) is 0 Å². The molecule has 1 unspecified atom stereocenters. The zero-order chi connectivity index (χ0) is 14.9. The average Bonchev–Trinajstić information content (AvgIpc) is 2.52. The molecule has 1 aromatic rings. The van der Waals surface area contributed by atoms with Crippen molar-refractivity contribution in [3.63, 3.8) is 0 Å². The number of hydrogen-bond acceptors (Lipinski definition) is 1. The van der Waals surface area contributed by atoms with Gasteiger partial charge in [0.2, 0.25) is 0 Å². The van der Waals surface area contributed by atoms with Crippen molar-refractivity contribution in [2.45, 2.75) is 58.5 Å². The molecule has 1 N–H and O–H groups in total. The van der Waals surface area contributed by atoms with E-state index in [0.717, 1.165) is 25.2 Å². The van der Waals surface area contributed by atoms with Crippen molar-refractivity contribution in [1.82, 2.24) is 0 Å². The van der Waals surface area contributed by atoms with Crippen molar-refractivity contribution in [3.05, 3.63) is 47.5 Å². The van der Waals surface area contributed by atoms with Gasteiger partial charge in [-0.3, -0.25) is 0 Å². The van der Waals surface area contributed by atoms with E-state index in [1.807, 2.05) is 0 Å². The van der Waals surface area contributed by atoms with Gasteiger partial charge in [-0.2, -0.15) is 0 Å². The maximum atomic E-state index is 10.5. The molecule has 1 heteroatoms. The monoisotopic (exact) mass is 284 g/mol.